The molecule has 0 aliphatic carbocycles. The number of halogens is 1. The Hall–Kier alpha value is -3.53. The van der Waals surface area contributed by atoms with E-state index >= 15 is 0 Å². The van der Waals surface area contributed by atoms with Crippen molar-refractivity contribution < 1.29 is 18.7 Å². The number of carbonyl (C=O) groups is 1. The van der Waals surface area contributed by atoms with E-state index in [0.29, 0.717) is 40.9 Å². The van der Waals surface area contributed by atoms with E-state index in [2.05, 4.69) is 15.3 Å². The van der Waals surface area contributed by atoms with Gasteiger partial charge in [-0.25, -0.2) is 14.4 Å². The lowest BCUT2D eigenvalue weighted by molar-refractivity contribution is -0.116. The van der Waals surface area contributed by atoms with Gasteiger partial charge < -0.3 is 14.8 Å². The summed E-state index contributed by atoms with van der Waals surface area (Å²) in [4.78, 5) is 33.4. The van der Waals surface area contributed by atoms with Crippen molar-refractivity contribution in [1.29, 1.82) is 0 Å². The van der Waals surface area contributed by atoms with Gasteiger partial charge in [-0.3, -0.25) is 14.2 Å². The van der Waals surface area contributed by atoms with E-state index in [-0.39, 0.29) is 11.9 Å². The molecule has 1 amide bonds. The number of aromatic nitrogens is 3. The Morgan fingerprint density at radius 1 is 1.17 bits per heavy atom. The number of ether oxygens (including phenoxy) is 2. The molecule has 29 heavy (non-hydrogen) atoms. The molecule has 10 heteroatoms. The highest BCUT2D eigenvalue weighted by Gasteiger charge is 2.16. The molecule has 8 nitrogen and oxygen atoms in total. The van der Waals surface area contributed by atoms with Gasteiger partial charge >= 0.3 is 0 Å². The second kappa shape index (κ2) is 6.82. The van der Waals surface area contributed by atoms with E-state index in [9.17, 15) is 14.0 Å². The van der Waals surface area contributed by atoms with Gasteiger partial charge in [-0.15, -0.1) is 0 Å². The Bertz CT molecular complexity index is 1290. The van der Waals surface area contributed by atoms with Gasteiger partial charge in [-0.1, -0.05) is 11.3 Å². The van der Waals surface area contributed by atoms with E-state index < -0.39 is 17.3 Å². The Kier molecular flexibility index (Phi) is 4.13. The number of hydrogen-bond acceptors (Lipinski definition) is 7. The number of amides is 1. The van der Waals surface area contributed by atoms with Crippen molar-refractivity contribution in [2.24, 2.45) is 0 Å². The smallest absolute Gasteiger partial charge is 0.261 e. The average Bonchev–Trinajstić information content (AvgIpc) is 3.09. The molecule has 0 atom stereocenters. The summed E-state index contributed by atoms with van der Waals surface area (Å²) >= 11 is 1.29. The maximum atomic E-state index is 13.4. The van der Waals surface area contributed by atoms with Crippen LogP contribution < -0.4 is 20.3 Å². The summed E-state index contributed by atoms with van der Waals surface area (Å²) in [7, 11) is 0. The molecule has 1 aliphatic heterocycles. The topological polar surface area (TPSA) is 95.3 Å². The zero-order valence-electron chi connectivity index (χ0n) is 14.8. The molecule has 4 aromatic rings. The SMILES string of the molecule is O=C(Cn1cnc2ccc(F)cc2c1=O)Nc1nc2cc3c(cc2s1)OCCO3. The predicted octanol–water partition coefficient (Wildman–Crippen LogP) is 2.56. The summed E-state index contributed by atoms with van der Waals surface area (Å²) in [5.41, 5.74) is 0.554. The zero-order chi connectivity index (χ0) is 20.0. The molecule has 0 fully saturated rings. The summed E-state index contributed by atoms with van der Waals surface area (Å²) in [6.45, 7) is 0.695. The van der Waals surface area contributed by atoms with E-state index in [1.165, 1.54) is 29.8 Å². The van der Waals surface area contributed by atoms with Crippen LogP contribution >= 0.6 is 11.3 Å². The normalized spacial score (nSPS) is 13.0. The molecule has 146 valence electrons. The number of hydrogen-bond donors (Lipinski definition) is 1. The summed E-state index contributed by atoms with van der Waals surface area (Å²) < 4.78 is 26.5. The van der Waals surface area contributed by atoms with Crippen molar-refractivity contribution in [3.63, 3.8) is 0 Å². The molecule has 2 aromatic carbocycles. The van der Waals surface area contributed by atoms with Crippen molar-refractivity contribution in [3.05, 3.63) is 52.8 Å². The van der Waals surface area contributed by atoms with Gasteiger partial charge in [0.15, 0.2) is 16.6 Å². The van der Waals surface area contributed by atoms with Crippen LogP contribution in [0.3, 0.4) is 0 Å². The minimum atomic E-state index is -0.538. The van der Waals surface area contributed by atoms with Gasteiger partial charge in [0.25, 0.3) is 5.56 Å². The molecular weight excluding hydrogens is 399 g/mol. The molecule has 1 N–H and O–H groups in total. The number of nitrogens with one attached hydrogen (secondary N) is 1. The van der Waals surface area contributed by atoms with Gasteiger partial charge in [0.05, 0.1) is 27.4 Å². The number of thiazole rings is 1. The number of fused-ring (bicyclic) bond motifs is 3. The average molecular weight is 412 g/mol. The Morgan fingerprint density at radius 2 is 1.97 bits per heavy atom. The Morgan fingerprint density at radius 3 is 2.79 bits per heavy atom. The third kappa shape index (κ3) is 3.27. The first kappa shape index (κ1) is 17.6. The van der Waals surface area contributed by atoms with Crippen molar-refractivity contribution >= 4 is 43.5 Å². The van der Waals surface area contributed by atoms with Gasteiger partial charge in [0.2, 0.25) is 5.91 Å². The summed E-state index contributed by atoms with van der Waals surface area (Å²) in [5, 5.41) is 3.19. The van der Waals surface area contributed by atoms with Crippen LogP contribution in [0, 0.1) is 5.82 Å². The third-order valence-corrected chi connectivity index (χ3v) is 5.33. The van der Waals surface area contributed by atoms with Crippen LogP contribution in [-0.4, -0.2) is 33.7 Å². The summed E-state index contributed by atoms with van der Waals surface area (Å²) in [6, 6.07) is 7.35. The lowest BCUT2D eigenvalue weighted by Crippen LogP contribution is -2.27. The molecule has 0 spiro atoms. The van der Waals surface area contributed by atoms with Gasteiger partial charge in [-0.2, -0.15) is 0 Å². The lowest BCUT2D eigenvalue weighted by atomic mass is 10.2. The van der Waals surface area contributed by atoms with Crippen molar-refractivity contribution in [1.82, 2.24) is 14.5 Å². The van der Waals surface area contributed by atoms with E-state index in [1.807, 2.05) is 6.07 Å². The third-order valence-electron chi connectivity index (χ3n) is 4.40. The molecule has 0 saturated heterocycles. The molecule has 5 rings (SSSR count). The zero-order valence-corrected chi connectivity index (χ0v) is 15.7. The maximum absolute atomic E-state index is 13.4. The van der Waals surface area contributed by atoms with Crippen LogP contribution in [0.4, 0.5) is 9.52 Å². The van der Waals surface area contributed by atoms with Crippen LogP contribution in [0.5, 0.6) is 11.5 Å². The van der Waals surface area contributed by atoms with Crippen LogP contribution in [0.15, 0.2) is 41.5 Å². The summed E-state index contributed by atoms with van der Waals surface area (Å²) in [5.74, 6) is 0.281. The highest BCUT2D eigenvalue weighted by atomic mass is 32.1. The lowest BCUT2D eigenvalue weighted by Gasteiger charge is -2.17. The van der Waals surface area contributed by atoms with Crippen molar-refractivity contribution in [2.45, 2.75) is 6.54 Å². The first-order chi connectivity index (χ1) is 14.1. The number of carbonyl (C=O) groups excluding carboxylic acids is 1. The van der Waals surface area contributed by atoms with Crippen molar-refractivity contribution in [3.8, 4) is 11.5 Å². The number of anilines is 1. The quantitative estimate of drug-likeness (QED) is 0.556. The minimum absolute atomic E-state index is 0.117. The molecular formula is C19H13FN4O4S. The second-order valence-electron chi connectivity index (χ2n) is 6.37. The van der Waals surface area contributed by atoms with Crippen LogP contribution in [0.25, 0.3) is 21.1 Å². The molecule has 0 bridgehead atoms. The second-order valence-corrected chi connectivity index (χ2v) is 7.40. The fourth-order valence-electron chi connectivity index (χ4n) is 3.08. The molecule has 0 unspecified atom stereocenters. The summed E-state index contributed by atoms with van der Waals surface area (Å²) in [6.07, 6.45) is 1.27. The highest BCUT2D eigenvalue weighted by molar-refractivity contribution is 7.22. The monoisotopic (exact) mass is 412 g/mol. The van der Waals surface area contributed by atoms with E-state index in [0.717, 1.165) is 15.3 Å². The van der Waals surface area contributed by atoms with Gasteiger partial charge in [0.1, 0.15) is 25.6 Å². The van der Waals surface area contributed by atoms with E-state index in [1.54, 1.807) is 6.07 Å². The van der Waals surface area contributed by atoms with E-state index in [4.69, 9.17) is 9.47 Å². The Balaban J connectivity index is 1.39. The van der Waals surface area contributed by atoms with Crippen LogP contribution in [-0.2, 0) is 11.3 Å². The minimum Gasteiger partial charge on any atom is -0.486 e. The first-order valence-electron chi connectivity index (χ1n) is 8.71. The first-order valence-corrected chi connectivity index (χ1v) is 9.53. The molecule has 2 aromatic heterocycles. The Labute approximate surface area is 166 Å². The largest absolute Gasteiger partial charge is 0.486 e. The molecule has 0 radical (unpaired) electrons. The van der Waals surface area contributed by atoms with Crippen LogP contribution in [0.2, 0.25) is 0 Å². The fourth-order valence-corrected chi connectivity index (χ4v) is 3.97. The molecule has 1 aliphatic rings. The number of nitrogens with zero attached hydrogens (tertiary/aromatic N) is 3. The standard InChI is InChI=1S/C19H13FN4O4S/c20-10-1-2-12-11(5-10)18(26)24(9-21-12)8-17(25)23-19-22-13-6-14-15(7-16(13)29-19)28-4-3-27-14/h1-2,5-7,9H,3-4,8H2,(H,22,23,25). The maximum Gasteiger partial charge on any atom is 0.261 e. The molecule has 3 heterocycles. The fraction of sp³-hybridized carbons (Fsp3) is 0.158. The van der Waals surface area contributed by atoms with Gasteiger partial charge in [0, 0.05) is 12.1 Å². The van der Waals surface area contributed by atoms with Gasteiger partial charge in [-0.05, 0) is 18.2 Å². The molecule has 0 saturated carbocycles. The predicted molar refractivity (Wildman–Crippen MR) is 105 cm³/mol. The van der Waals surface area contributed by atoms with Crippen molar-refractivity contribution in [2.75, 3.05) is 18.5 Å². The number of benzene rings is 2. The highest BCUT2D eigenvalue weighted by Crippen LogP contribution is 2.37. The number of rotatable bonds is 3. The van der Waals surface area contributed by atoms with Crippen LogP contribution in [0.1, 0.15) is 0 Å².